The number of fused-ring (bicyclic) bond motifs is 1. The lowest BCUT2D eigenvalue weighted by Crippen LogP contribution is -2.55. The number of aryl methyl sites for hydroxylation is 1. The summed E-state index contributed by atoms with van der Waals surface area (Å²) < 4.78 is 33.2. The highest BCUT2D eigenvalue weighted by molar-refractivity contribution is 7.92. The molecule has 206 valence electrons. The molecule has 0 spiro atoms. The minimum Gasteiger partial charge on any atom is -0.377 e. The highest BCUT2D eigenvalue weighted by Gasteiger charge is 2.29. The van der Waals surface area contributed by atoms with Crippen molar-refractivity contribution in [2.24, 2.45) is 7.05 Å². The second kappa shape index (κ2) is 11.4. The van der Waals surface area contributed by atoms with E-state index in [0.29, 0.717) is 16.8 Å². The van der Waals surface area contributed by atoms with Crippen LogP contribution in [0.1, 0.15) is 43.7 Å². The van der Waals surface area contributed by atoms with Crippen molar-refractivity contribution in [1.82, 2.24) is 19.4 Å². The Kier molecular flexibility index (Phi) is 8.17. The van der Waals surface area contributed by atoms with Crippen LogP contribution >= 0.6 is 0 Å². The number of benzene rings is 2. The highest BCUT2D eigenvalue weighted by Crippen LogP contribution is 2.31. The van der Waals surface area contributed by atoms with Crippen LogP contribution in [0.5, 0.6) is 0 Å². The molecule has 0 aliphatic heterocycles. The number of H-pyrrole nitrogens is 1. The maximum atomic E-state index is 13.6. The van der Waals surface area contributed by atoms with E-state index < -0.39 is 27.2 Å². The molecule has 2 aromatic heterocycles. The summed E-state index contributed by atoms with van der Waals surface area (Å²) in [5, 5.41) is 4.26. The van der Waals surface area contributed by atoms with Crippen molar-refractivity contribution in [3.63, 3.8) is 0 Å². The molecular formula is C27H31N5O6S. The first-order chi connectivity index (χ1) is 18.5. The molecule has 0 saturated heterocycles. The first-order valence-corrected chi connectivity index (χ1v) is 14.3. The fraction of sp³-hybridized carbons (Fsp3) is 0.333. The molecule has 0 atom stereocenters. The van der Waals surface area contributed by atoms with Gasteiger partial charge in [-0.05, 0) is 41.7 Å². The Labute approximate surface area is 225 Å². The lowest BCUT2D eigenvalue weighted by molar-refractivity contribution is -0.119. The molecule has 1 amide bonds. The van der Waals surface area contributed by atoms with Gasteiger partial charge in [-0.1, -0.05) is 44.2 Å². The molecule has 0 fully saturated rings. The summed E-state index contributed by atoms with van der Waals surface area (Å²) in [5.41, 5.74) is 1.56. The van der Waals surface area contributed by atoms with Gasteiger partial charge in [0.2, 0.25) is 0 Å². The van der Waals surface area contributed by atoms with E-state index in [-0.39, 0.29) is 40.7 Å². The Bertz CT molecular complexity index is 1720. The number of hydrogen-bond acceptors (Lipinski definition) is 7. The molecule has 1 N–H and O–H groups in total. The van der Waals surface area contributed by atoms with Crippen molar-refractivity contribution in [3.05, 3.63) is 86.7 Å². The first kappa shape index (κ1) is 28.0. The van der Waals surface area contributed by atoms with E-state index in [0.717, 1.165) is 23.1 Å². The number of aromatic nitrogens is 4. The van der Waals surface area contributed by atoms with Gasteiger partial charge in [0.25, 0.3) is 21.5 Å². The van der Waals surface area contributed by atoms with Gasteiger partial charge in [0.1, 0.15) is 0 Å². The van der Waals surface area contributed by atoms with E-state index in [2.05, 4.69) is 10.1 Å². The van der Waals surface area contributed by atoms with Crippen molar-refractivity contribution in [1.29, 1.82) is 0 Å². The van der Waals surface area contributed by atoms with Crippen LogP contribution in [0.4, 0.5) is 0 Å². The summed E-state index contributed by atoms with van der Waals surface area (Å²) in [6, 6.07) is 14.6. The third kappa shape index (κ3) is 6.02. The second-order valence-corrected chi connectivity index (χ2v) is 11.4. The van der Waals surface area contributed by atoms with Gasteiger partial charge in [-0.3, -0.25) is 14.3 Å². The summed E-state index contributed by atoms with van der Waals surface area (Å²) in [6.07, 6.45) is 2.34. The van der Waals surface area contributed by atoms with Crippen LogP contribution in [0, 0.1) is 0 Å². The summed E-state index contributed by atoms with van der Waals surface area (Å²) in [7, 11) is -2.56. The smallest absolute Gasteiger partial charge is 0.349 e. The number of ether oxygens (including phenoxy) is 1. The van der Waals surface area contributed by atoms with Crippen molar-refractivity contribution >= 4 is 26.8 Å². The molecule has 4 aromatic rings. The molecule has 0 aliphatic rings. The molecule has 39 heavy (non-hydrogen) atoms. The van der Waals surface area contributed by atoms with Crippen LogP contribution in [0.2, 0.25) is 0 Å². The number of amides is 1. The lowest BCUT2D eigenvalue weighted by atomic mass is 9.93. The summed E-state index contributed by atoms with van der Waals surface area (Å²) in [4.78, 5) is 42.3. The minimum absolute atomic E-state index is 0.0449. The second-order valence-electron chi connectivity index (χ2n) is 9.57. The number of sulfonamides is 1. The van der Waals surface area contributed by atoms with Gasteiger partial charge < -0.3 is 9.72 Å². The standard InChI is InChI=1S/C27H31N5O6S/c1-18(2)20-16-23-22(15-21(20)24-12-13-28-30(24)3)26(34)31(27(35)29-23)32(39(4,36)37)25(33)11-8-14-38-17-19-9-6-5-7-10-19/h5-7,9-10,12-13,15-16,18H,8,11,14,17H2,1-4H3,(H,29,35). The molecular weight excluding hydrogens is 522 g/mol. The van der Waals surface area contributed by atoms with Crippen LogP contribution in [0.15, 0.2) is 64.3 Å². The molecule has 0 aliphatic carbocycles. The van der Waals surface area contributed by atoms with Gasteiger partial charge in [0.05, 0.1) is 29.5 Å². The number of nitrogens with one attached hydrogen (secondary N) is 1. The van der Waals surface area contributed by atoms with Crippen molar-refractivity contribution in [3.8, 4) is 11.3 Å². The van der Waals surface area contributed by atoms with Gasteiger partial charge in [0, 0.05) is 31.8 Å². The van der Waals surface area contributed by atoms with Gasteiger partial charge in [-0.25, -0.2) is 13.2 Å². The molecule has 12 heteroatoms. The van der Waals surface area contributed by atoms with Crippen LogP contribution in [0.3, 0.4) is 0 Å². The molecule has 0 saturated carbocycles. The van der Waals surface area contributed by atoms with E-state index in [4.69, 9.17) is 4.74 Å². The van der Waals surface area contributed by atoms with Crippen LogP contribution < -0.4 is 15.7 Å². The third-order valence-electron chi connectivity index (χ3n) is 6.27. The number of carbonyl (C=O) groups excluding carboxylic acids is 1. The Morgan fingerprint density at radius 1 is 1.13 bits per heavy atom. The van der Waals surface area contributed by atoms with Crippen molar-refractivity contribution in [2.75, 3.05) is 17.3 Å². The number of rotatable bonds is 10. The normalized spacial score (nSPS) is 11.8. The monoisotopic (exact) mass is 553 g/mol. The van der Waals surface area contributed by atoms with E-state index >= 15 is 0 Å². The van der Waals surface area contributed by atoms with Crippen molar-refractivity contribution in [2.45, 2.75) is 39.2 Å². The minimum atomic E-state index is -4.33. The van der Waals surface area contributed by atoms with Crippen LogP contribution in [-0.4, -0.2) is 46.6 Å². The first-order valence-electron chi connectivity index (χ1n) is 12.5. The number of carbonyl (C=O) groups is 1. The maximum Gasteiger partial charge on any atom is 0.349 e. The average Bonchev–Trinajstić information content (AvgIpc) is 3.31. The largest absolute Gasteiger partial charge is 0.377 e. The maximum absolute atomic E-state index is 13.6. The zero-order valence-corrected chi connectivity index (χ0v) is 23.1. The quantitative estimate of drug-likeness (QED) is 0.298. The predicted octanol–water partition coefficient (Wildman–Crippen LogP) is 2.63. The van der Waals surface area contributed by atoms with Crippen molar-refractivity contribution < 1.29 is 17.9 Å². The molecule has 4 rings (SSSR count). The Balaban J connectivity index is 1.69. The summed E-state index contributed by atoms with van der Waals surface area (Å²) >= 11 is 0. The van der Waals surface area contributed by atoms with E-state index in [1.165, 1.54) is 0 Å². The molecule has 2 heterocycles. The Morgan fingerprint density at radius 3 is 2.46 bits per heavy atom. The van der Waals surface area contributed by atoms with E-state index in [9.17, 15) is 22.8 Å². The highest BCUT2D eigenvalue weighted by atomic mass is 32.2. The Hall–Kier alpha value is -4.03. The van der Waals surface area contributed by atoms with Gasteiger partial charge in [0.15, 0.2) is 0 Å². The molecule has 2 aromatic carbocycles. The fourth-order valence-electron chi connectivity index (χ4n) is 4.40. The zero-order chi connectivity index (χ0) is 28.3. The number of hydrogen-bond donors (Lipinski definition) is 1. The fourth-order valence-corrected chi connectivity index (χ4v) is 5.31. The zero-order valence-electron chi connectivity index (χ0n) is 22.2. The van der Waals surface area contributed by atoms with Crippen LogP contribution in [-0.2, 0) is 33.2 Å². The van der Waals surface area contributed by atoms with E-state index in [1.807, 2.05) is 44.2 Å². The average molecular weight is 554 g/mol. The molecule has 11 nitrogen and oxygen atoms in total. The number of aromatic amines is 1. The topological polar surface area (TPSA) is 136 Å². The summed E-state index contributed by atoms with van der Waals surface area (Å²) in [6.45, 7) is 4.49. The molecule has 0 radical (unpaired) electrons. The third-order valence-corrected chi connectivity index (χ3v) is 7.26. The van der Waals surface area contributed by atoms with Gasteiger partial charge in [-0.15, -0.1) is 9.09 Å². The predicted molar refractivity (Wildman–Crippen MR) is 149 cm³/mol. The number of nitrogens with zero attached hydrogens (tertiary/aromatic N) is 4. The van der Waals surface area contributed by atoms with Gasteiger partial charge >= 0.3 is 5.69 Å². The molecule has 0 bridgehead atoms. The molecule has 0 unspecified atom stereocenters. The Morgan fingerprint density at radius 2 is 1.85 bits per heavy atom. The summed E-state index contributed by atoms with van der Waals surface area (Å²) in [5.74, 6) is -0.873. The van der Waals surface area contributed by atoms with Gasteiger partial charge in [-0.2, -0.15) is 5.10 Å². The van der Waals surface area contributed by atoms with E-state index in [1.54, 1.807) is 36.1 Å². The SMILES string of the molecule is CC(C)c1cc2[nH]c(=O)n(N(C(=O)CCCOCc3ccccc3)S(C)(=O)=O)c(=O)c2cc1-c1ccnn1C. The lowest BCUT2D eigenvalue weighted by Gasteiger charge is -2.22. The van der Waals surface area contributed by atoms with Crippen LogP contribution in [0.25, 0.3) is 22.2 Å².